The van der Waals surface area contributed by atoms with Gasteiger partial charge in [0.25, 0.3) is 0 Å². The van der Waals surface area contributed by atoms with Crippen LogP contribution in [-0.4, -0.2) is 46.5 Å². The number of nitrogens with zero attached hydrogens (tertiary/aromatic N) is 3. The molecule has 8 heteroatoms. The Balaban J connectivity index is 1.73. The van der Waals surface area contributed by atoms with Gasteiger partial charge in [-0.05, 0) is 72.2 Å². The molecule has 1 N–H and O–H groups in total. The van der Waals surface area contributed by atoms with Gasteiger partial charge in [0.15, 0.2) is 0 Å². The van der Waals surface area contributed by atoms with Gasteiger partial charge in [0.2, 0.25) is 5.95 Å². The number of benzene rings is 1. The molecule has 3 rings (SSSR count). The van der Waals surface area contributed by atoms with Gasteiger partial charge in [0.05, 0.1) is 23.9 Å². The number of nitrogens with one attached hydrogen (secondary N) is 1. The van der Waals surface area contributed by atoms with Gasteiger partial charge < -0.3 is 19.5 Å². The second kappa shape index (κ2) is 9.73. The minimum Gasteiger partial charge on any atom is -0.491 e. The number of carbonyl (C=O) groups excluding carboxylic acids is 1. The lowest BCUT2D eigenvalue weighted by atomic mass is 10.1. The van der Waals surface area contributed by atoms with Gasteiger partial charge in [-0.25, -0.2) is 9.78 Å². The second-order valence-corrected chi connectivity index (χ2v) is 9.29. The Morgan fingerprint density at radius 2 is 1.81 bits per heavy atom. The number of amides is 1. The first kappa shape index (κ1) is 23.8. The number of rotatable bonds is 8. The van der Waals surface area contributed by atoms with Crippen molar-refractivity contribution >= 4 is 17.9 Å². The molecule has 2 aromatic rings. The largest absolute Gasteiger partial charge is 0.491 e. The van der Waals surface area contributed by atoms with E-state index in [-0.39, 0.29) is 36.5 Å². The number of cyclic esters (lactones) is 1. The van der Waals surface area contributed by atoms with Crippen molar-refractivity contribution in [2.45, 2.75) is 78.4 Å². The Hall–Kier alpha value is -2.87. The predicted octanol–water partition coefficient (Wildman–Crippen LogP) is 4.97. The maximum atomic E-state index is 12.5. The van der Waals surface area contributed by atoms with Crippen molar-refractivity contribution in [1.82, 2.24) is 9.97 Å². The molecule has 1 unspecified atom stereocenters. The molecule has 174 valence electrons. The highest BCUT2D eigenvalue weighted by atomic mass is 16.6. The second-order valence-electron chi connectivity index (χ2n) is 9.29. The summed E-state index contributed by atoms with van der Waals surface area (Å²) in [6, 6.07) is 9.32. The molecular formula is C24H34N4O4. The van der Waals surface area contributed by atoms with Crippen LogP contribution >= 0.6 is 0 Å². The molecule has 0 saturated carbocycles. The smallest absolute Gasteiger partial charge is 0.416 e. The van der Waals surface area contributed by atoms with E-state index in [2.05, 4.69) is 15.3 Å². The van der Waals surface area contributed by atoms with E-state index in [1.807, 2.05) is 72.7 Å². The molecule has 0 radical (unpaired) electrons. The number of anilines is 2. The fraction of sp³-hybridized carbons (Fsp3) is 0.542. The average molecular weight is 443 g/mol. The van der Waals surface area contributed by atoms with Crippen LogP contribution in [0.2, 0.25) is 0 Å². The maximum Gasteiger partial charge on any atom is 0.416 e. The van der Waals surface area contributed by atoms with Crippen molar-refractivity contribution in [3.8, 4) is 5.75 Å². The van der Waals surface area contributed by atoms with E-state index in [4.69, 9.17) is 14.2 Å². The molecule has 1 aliphatic rings. The Bertz CT molecular complexity index is 911. The number of hydrogen-bond donors (Lipinski definition) is 1. The van der Waals surface area contributed by atoms with Gasteiger partial charge in [-0.3, -0.25) is 4.90 Å². The first-order valence-corrected chi connectivity index (χ1v) is 11.0. The quantitative estimate of drug-likeness (QED) is 0.618. The first-order valence-electron chi connectivity index (χ1n) is 11.0. The van der Waals surface area contributed by atoms with Crippen LogP contribution in [0.25, 0.3) is 0 Å². The molecule has 0 aliphatic carbocycles. The highest BCUT2D eigenvalue weighted by Crippen LogP contribution is 2.27. The molecular weight excluding hydrogens is 408 g/mol. The number of ether oxygens (including phenoxy) is 3. The van der Waals surface area contributed by atoms with Crippen molar-refractivity contribution in [3.05, 3.63) is 42.1 Å². The van der Waals surface area contributed by atoms with Crippen LogP contribution in [0.4, 0.5) is 16.6 Å². The molecule has 1 saturated heterocycles. The van der Waals surface area contributed by atoms with Gasteiger partial charge in [-0.15, -0.1) is 0 Å². The summed E-state index contributed by atoms with van der Waals surface area (Å²) in [6.45, 7) is 14.2. The van der Waals surface area contributed by atoms with Crippen LogP contribution in [0.1, 0.15) is 60.1 Å². The maximum absolute atomic E-state index is 12.5. The number of carbonyl (C=O) groups is 1. The minimum absolute atomic E-state index is 0.0391. The lowest BCUT2D eigenvalue weighted by Crippen LogP contribution is -2.45. The van der Waals surface area contributed by atoms with Crippen molar-refractivity contribution in [1.29, 1.82) is 0 Å². The molecule has 8 nitrogen and oxygen atoms in total. The summed E-state index contributed by atoms with van der Waals surface area (Å²) < 4.78 is 17.1. The fourth-order valence-corrected chi connectivity index (χ4v) is 3.62. The van der Waals surface area contributed by atoms with E-state index in [1.54, 1.807) is 17.2 Å². The third-order valence-corrected chi connectivity index (χ3v) is 4.97. The predicted molar refractivity (Wildman–Crippen MR) is 124 cm³/mol. The van der Waals surface area contributed by atoms with Crippen LogP contribution in [0.3, 0.4) is 0 Å². The summed E-state index contributed by atoms with van der Waals surface area (Å²) in [5.41, 5.74) is 0.737. The minimum atomic E-state index is -0.433. The van der Waals surface area contributed by atoms with Crippen molar-refractivity contribution in [2.75, 3.05) is 16.8 Å². The molecule has 0 spiro atoms. The van der Waals surface area contributed by atoms with Gasteiger partial charge >= 0.3 is 6.09 Å². The summed E-state index contributed by atoms with van der Waals surface area (Å²) in [5, 5.41) is 3.31. The van der Waals surface area contributed by atoms with E-state index in [1.165, 1.54) is 0 Å². The standard InChI is InChI=1S/C24H34N4O4/c1-15(2)31-19-10-8-18(9-11-19)16(3)26-22-25-13-12-21(27-22)28-20(14-30-23(28)29)17(4)32-24(5,6)7/h8-13,15-17,20H,14H2,1-7H3,(H,25,26,27)/t16-,17+,20?/m0/s1. The van der Waals surface area contributed by atoms with E-state index in [0.717, 1.165) is 11.3 Å². The number of hydrogen-bond acceptors (Lipinski definition) is 7. The zero-order valence-corrected chi connectivity index (χ0v) is 20.0. The monoisotopic (exact) mass is 442 g/mol. The topological polar surface area (TPSA) is 85.8 Å². The Morgan fingerprint density at radius 1 is 1.12 bits per heavy atom. The molecule has 0 bridgehead atoms. The van der Waals surface area contributed by atoms with Gasteiger partial charge in [-0.2, -0.15) is 4.98 Å². The van der Waals surface area contributed by atoms with Crippen LogP contribution in [0.15, 0.2) is 36.5 Å². The van der Waals surface area contributed by atoms with E-state index >= 15 is 0 Å². The summed E-state index contributed by atoms with van der Waals surface area (Å²) in [6.07, 6.45) is 1.11. The summed E-state index contributed by atoms with van der Waals surface area (Å²) >= 11 is 0. The number of aromatic nitrogens is 2. The molecule has 1 aromatic carbocycles. The van der Waals surface area contributed by atoms with Crippen molar-refractivity contribution in [3.63, 3.8) is 0 Å². The Labute approximate surface area is 190 Å². The zero-order valence-electron chi connectivity index (χ0n) is 20.0. The van der Waals surface area contributed by atoms with Gasteiger partial charge in [-0.1, -0.05) is 12.1 Å². The normalized spacial score (nSPS) is 18.4. The van der Waals surface area contributed by atoms with E-state index < -0.39 is 6.09 Å². The molecule has 2 heterocycles. The van der Waals surface area contributed by atoms with E-state index in [0.29, 0.717) is 11.8 Å². The third-order valence-electron chi connectivity index (χ3n) is 4.97. The third kappa shape index (κ3) is 6.09. The van der Waals surface area contributed by atoms with Crippen LogP contribution in [-0.2, 0) is 9.47 Å². The first-order chi connectivity index (χ1) is 15.0. The molecule has 1 fully saturated rings. The summed E-state index contributed by atoms with van der Waals surface area (Å²) in [4.78, 5) is 22.9. The van der Waals surface area contributed by atoms with Gasteiger partial charge in [0, 0.05) is 6.20 Å². The summed E-state index contributed by atoms with van der Waals surface area (Å²) in [5.74, 6) is 1.74. The average Bonchev–Trinajstić information content (AvgIpc) is 3.08. The fourth-order valence-electron chi connectivity index (χ4n) is 3.62. The van der Waals surface area contributed by atoms with Crippen molar-refractivity contribution < 1.29 is 19.0 Å². The highest BCUT2D eigenvalue weighted by Gasteiger charge is 2.40. The lowest BCUT2D eigenvalue weighted by Gasteiger charge is -2.31. The Morgan fingerprint density at radius 3 is 2.44 bits per heavy atom. The summed E-state index contributed by atoms with van der Waals surface area (Å²) in [7, 11) is 0. The highest BCUT2D eigenvalue weighted by molar-refractivity contribution is 5.89. The Kier molecular flexibility index (Phi) is 7.23. The van der Waals surface area contributed by atoms with Crippen LogP contribution in [0.5, 0.6) is 5.75 Å². The molecule has 1 amide bonds. The SMILES string of the molecule is CC(C)Oc1ccc([C@H](C)Nc2nccc(N3C(=O)OCC3[C@@H](C)OC(C)(C)C)n2)cc1. The van der Waals surface area contributed by atoms with Crippen molar-refractivity contribution in [2.24, 2.45) is 0 Å². The lowest BCUT2D eigenvalue weighted by molar-refractivity contribution is -0.0618. The molecule has 32 heavy (non-hydrogen) atoms. The van der Waals surface area contributed by atoms with E-state index in [9.17, 15) is 4.79 Å². The van der Waals surface area contributed by atoms with Crippen LogP contribution in [0, 0.1) is 0 Å². The zero-order chi connectivity index (χ0) is 23.5. The molecule has 1 aromatic heterocycles. The van der Waals surface area contributed by atoms with Crippen LogP contribution < -0.4 is 15.0 Å². The molecule has 3 atom stereocenters. The molecule has 1 aliphatic heterocycles. The van der Waals surface area contributed by atoms with Gasteiger partial charge in [0.1, 0.15) is 24.2 Å².